The highest BCUT2D eigenvalue weighted by Gasteiger charge is 2.28. The predicted octanol–water partition coefficient (Wildman–Crippen LogP) is 2.98. The summed E-state index contributed by atoms with van der Waals surface area (Å²) in [5, 5.41) is 16.1. The molecule has 2 atom stereocenters. The van der Waals surface area contributed by atoms with Crippen LogP contribution in [0.4, 0.5) is 0 Å². The molecule has 2 N–H and O–H groups in total. The van der Waals surface area contributed by atoms with E-state index in [0.29, 0.717) is 0 Å². The van der Waals surface area contributed by atoms with Crippen molar-refractivity contribution in [3.8, 4) is 0 Å². The summed E-state index contributed by atoms with van der Waals surface area (Å²) in [5.41, 5.74) is 3.77. The van der Waals surface area contributed by atoms with Crippen LogP contribution in [-0.2, 0) is 6.42 Å². The fraction of sp³-hybridized carbons (Fsp3) is 0.333. The van der Waals surface area contributed by atoms with Crippen molar-refractivity contribution < 1.29 is 5.11 Å². The standard InChI is InChI=1S/C15H17NOS/c1-10-7-9-18-15(10)14(17)13-12-5-3-2-4-11(12)6-8-16-13/h2-5,7,9,13-14,16-17H,6,8H2,1H3. The highest BCUT2D eigenvalue weighted by Crippen LogP contribution is 2.36. The van der Waals surface area contributed by atoms with Crippen molar-refractivity contribution in [2.75, 3.05) is 6.54 Å². The monoisotopic (exact) mass is 259 g/mol. The van der Waals surface area contributed by atoms with Gasteiger partial charge in [0.1, 0.15) is 6.10 Å². The van der Waals surface area contributed by atoms with Crippen molar-refractivity contribution >= 4 is 11.3 Å². The van der Waals surface area contributed by atoms with Gasteiger partial charge in [0.2, 0.25) is 0 Å². The fourth-order valence-corrected chi connectivity index (χ4v) is 3.61. The topological polar surface area (TPSA) is 32.3 Å². The van der Waals surface area contributed by atoms with E-state index >= 15 is 0 Å². The first kappa shape index (κ1) is 11.9. The summed E-state index contributed by atoms with van der Waals surface area (Å²) < 4.78 is 0. The van der Waals surface area contributed by atoms with Gasteiger partial charge < -0.3 is 10.4 Å². The van der Waals surface area contributed by atoms with E-state index in [9.17, 15) is 5.11 Å². The molecule has 94 valence electrons. The van der Waals surface area contributed by atoms with Gasteiger partial charge in [-0.25, -0.2) is 0 Å². The molecule has 2 unspecified atom stereocenters. The normalized spacial score (nSPS) is 20.4. The minimum Gasteiger partial charge on any atom is -0.386 e. The van der Waals surface area contributed by atoms with E-state index in [1.165, 1.54) is 16.7 Å². The molecule has 1 aromatic heterocycles. The van der Waals surface area contributed by atoms with Crippen LogP contribution in [-0.4, -0.2) is 11.7 Å². The fourth-order valence-electron chi connectivity index (χ4n) is 2.66. The average Bonchev–Trinajstić information content (AvgIpc) is 2.83. The summed E-state index contributed by atoms with van der Waals surface area (Å²) in [7, 11) is 0. The van der Waals surface area contributed by atoms with Gasteiger partial charge in [-0.15, -0.1) is 11.3 Å². The summed E-state index contributed by atoms with van der Waals surface area (Å²) in [5.74, 6) is 0. The molecule has 0 bridgehead atoms. The van der Waals surface area contributed by atoms with E-state index in [0.717, 1.165) is 17.8 Å². The second-order valence-corrected chi connectivity index (χ2v) is 5.74. The average molecular weight is 259 g/mol. The summed E-state index contributed by atoms with van der Waals surface area (Å²) in [6, 6.07) is 10.5. The van der Waals surface area contributed by atoms with Crippen molar-refractivity contribution in [1.82, 2.24) is 5.32 Å². The number of fused-ring (bicyclic) bond motifs is 1. The van der Waals surface area contributed by atoms with Gasteiger partial charge in [-0.1, -0.05) is 24.3 Å². The molecule has 0 amide bonds. The van der Waals surface area contributed by atoms with Crippen LogP contribution in [0.3, 0.4) is 0 Å². The molecule has 2 heterocycles. The molecule has 18 heavy (non-hydrogen) atoms. The maximum Gasteiger partial charge on any atom is 0.108 e. The molecule has 0 aliphatic carbocycles. The molecule has 0 fully saturated rings. The third-order valence-corrected chi connectivity index (χ3v) is 4.72. The molecule has 3 heteroatoms. The van der Waals surface area contributed by atoms with Crippen LogP contribution in [0, 0.1) is 6.92 Å². The third kappa shape index (κ3) is 1.99. The molecule has 2 aromatic rings. The summed E-state index contributed by atoms with van der Waals surface area (Å²) >= 11 is 1.64. The zero-order valence-electron chi connectivity index (χ0n) is 10.4. The smallest absolute Gasteiger partial charge is 0.108 e. The molecule has 0 saturated heterocycles. The number of aliphatic hydroxyl groups excluding tert-OH is 1. The quantitative estimate of drug-likeness (QED) is 0.869. The van der Waals surface area contributed by atoms with Gasteiger partial charge in [0.25, 0.3) is 0 Å². The number of rotatable bonds is 2. The zero-order chi connectivity index (χ0) is 12.5. The van der Waals surface area contributed by atoms with E-state index in [1.54, 1.807) is 11.3 Å². The van der Waals surface area contributed by atoms with E-state index < -0.39 is 6.10 Å². The van der Waals surface area contributed by atoms with E-state index in [4.69, 9.17) is 0 Å². The first-order valence-electron chi connectivity index (χ1n) is 6.30. The van der Waals surface area contributed by atoms with Crippen molar-refractivity contribution in [3.63, 3.8) is 0 Å². The van der Waals surface area contributed by atoms with Crippen molar-refractivity contribution in [3.05, 3.63) is 57.3 Å². The molecule has 0 spiro atoms. The number of benzene rings is 1. The molecule has 0 radical (unpaired) electrons. The Kier molecular flexibility index (Phi) is 3.20. The zero-order valence-corrected chi connectivity index (χ0v) is 11.2. The summed E-state index contributed by atoms with van der Waals surface area (Å²) in [6.45, 7) is 2.99. The SMILES string of the molecule is Cc1ccsc1C(O)C1NCCc2ccccc21. The minimum absolute atomic E-state index is 0.0206. The van der Waals surface area contributed by atoms with Crippen LogP contribution in [0.5, 0.6) is 0 Å². The van der Waals surface area contributed by atoms with E-state index in [1.807, 2.05) is 11.4 Å². The summed E-state index contributed by atoms with van der Waals surface area (Å²) in [6.07, 6.45) is 0.592. The van der Waals surface area contributed by atoms with Crippen LogP contribution in [0.1, 0.15) is 33.7 Å². The van der Waals surface area contributed by atoms with Gasteiger partial charge in [0.05, 0.1) is 6.04 Å². The Bertz CT molecular complexity index is 549. The minimum atomic E-state index is -0.452. The largest absolute Gasteiger partial charge is 0.386 e. The van der Waals surface area contributed by atoms with Gasteiger partial charge in [-0.2, -0.15) is 0 Å². The molecular formula is C15H17NOS. The molecule has 3 rings (SSSR count). The van der Waals surface area contributed by atoms with Crippen LogP contribution in [0.15, 0.2) is 35.7 Å². The number of nitrogens with one attached hydrogen (secondary N) is 1. The Morgan fingerprint density at radius 1 is 1.33 bits per heavy atom. The lowest BCUT2D eigenvalue weighted by molar-refractivity contribution is 0.128. The lowest BCUT2D eigenvalue weighted by atomic mass is 9.90. The third-order valence-electron chi connectivity index (χ3n) is 3.63. The van der Waals surface area contributed by atoms with Gasteiger partial charge in [0.15, 0.2) is 0 Å². The van der Waals surface area contributed by atoms with Crippen molar-refractivity contribution in [2.24, 2.45) is 0 Å². The Hall–Kier alpha value is -1.16. The Balaban J connectivity index is 1.97. The maximum atomic E-state index is 10.6. The number of hydrogen-bond donors (Lipinski definition) is 2. The number of hydrogen-bond acceptors (Lipinski definition) is 3. The van der Waals surface area contributed by atoms with Crippen LogP contribution >= 0.6 is 11.3 Å². The van der Waals surface area contributed by atoms with Crippen molar-refractivity contribution in [1.29, 1.82) is 0 Å². The molecule has 2 nitrogen and oxygen atoms in total. The first-order chi connectivity index (χ1) is 8.77. The molecule has 1 aromatic carbocycles. The lowest BCUT2D eigenvalue weighted by Gasteiger charge is -2.30. The number of aliphatic hydroxyl groups is 1. The van der Waals surface area contributed by atoms with Crippen LogP contribution in [0.25, 0.3) is 0 Å². The van der Waals surface area contributed by atoms with Gasteiger partial charge in [-0.05, 0) is 48.0 Å². The van der Waals surface area contributed by atoms with Crippen LogP contribution < -0.4 is 5.32 Å². The van der Waals surface area contributed by atoms with E-state index in [-0.39, 0.29) is 6.04 Å². The Labute approximate surface area is 111 Å². The number of aryl methyl sites for hydroxylation is 1. The predicted molar refractivity (Wildman–Crippen MR) is 74.9 cm³/mol. The molecule has 1 aliphatic rings. The second kappa shape index (κ2) is 4.84. The maximum absolute atomic E-state index is 10.6. The highest BCUT2D eigenvalue weighted by atomic mass is 32.1. The van der Waals surface area contributed by atoms with E-state index in [2.05, 4.69) is 36.5 Å². The highest BCUT2D eigenvalue weighted by molar-refractivity contribution is 7.10. The first-order valence-corrected chi connectivity index (χ1v) is 7.18. The van der Waals surface area contributed by atoms with Gasteiger partial charge in [-0.3, -0.25) is 0 Å². The molecule has 1 aliphatic heterocycles. The van der Waals surface area contributed by atoms with Gasteiger partial charge >= 0.3 is 0 Å². The number of thiophene rings is 1. The molecule has 0 saturated carbocycles. The lowest BCUT2D eigenvalue weighted by Crippen LogP contribution is -2.33. The Morgan fingerprint density at radius 3 is 2.94 bits per heavy atom. The summed E-state index contributed by atoms with van der Waals surface area (Å²) in [4.78, 5) is 1.07. The Morgan fingerprint density at radius 2 is 2.17 bits per heavy atom. The van der Waals surface area contributed by atoms with Crippen LogP contribution in [0.2, 0.25) is 0 Å². The van der Waals surface area contributed by atoms with Crippen molar-refractivity contribution in [2.45, 2.75) is 25.5 Å². The molecular weight excluding hydrogens is 242 g/mol. The van der Waals surface area contributed by atoms with Gasteiger partial charge in [0, 0.05) is 4.88 Å². The second-order valence-electron chi connectivity index (χ2n) is 4.79.